The fourth-order valence-corrected chi connectivity index (χ4v) is 3.39. The van der Waals surface area contributed by atoms with Crippen molar-refractivity contribution in [2.24, 2.45) is 5.41 Å². The smallest absolute Gasteiger partial charge is 0.339 e. The molecule has 0 bridgehead atoms. The van der Waals surface area contributed by atoms with E-state index in [4.69, 9.17) is 18.9 Å². The Morgan fingerprint density at radius 1 is 0.463 bits per heavy atom. The molecule has 4 rings (SSSR count). The molecular weight excluding hydrogens is 532 g/mol. The number of aromatic nitrogens is 4. The zero-order valence-electron chi connectivity index (χ0n) is 21.6. The summed E-state index contributed by atoms with van der Waals surface area (Å²) in [4.78, 5) is 66.7. The van der Waals surface area contributed by atoms with E-state index in [9.17, 15) is 19.2 Å². The number of ether oxygens (including phenoxy) is 4. The SMILES string of the molecule is O=C(OCC(COC(=O)c1cccnc1)(COC(=O)c1cccnc1)COC(=O)c1cccnc1)c1cccnc1. The van der Waals surface area contributed by atoms with Gasteiger partial charge >= 0.3 is 23.9 Å². The molecule has 0 aliphatic heterocycles. The van der Waals surface area contributed by atoms with Gasteiger partial charge in [0.25, 0.3) is 0 Å². The summed E-state index contributed by atoms with van der Waals surface area (Å²) in [5.74, 6) is -2.95. The van der Waals surface area contributed by atoms with Crippen molar-refractivity contribution in [2.45, 2.75) is 0 Å². The van der Waals surface area contributed by atoms with E-state index in [0.29, 0.717) is 0 Å². The third kappa shape index (κ3) is 8.23. The fourth-order valence-electron chi connectivity index (χ4n) is 3.39. The van der Waals surface area contributed by atoms with Gasteiger partial charge in [-0.3, -0.25) is 19.9 Å². The van der Waals surface area contributed by atoms with Crippen LogP contribution in [0.25, 0.3) is 0 Å². The molecule has 0 spiro atoms. The lowest BCUT2D eigenvalue weighted by Crippen LogP contribution is -2.44. The number of carbonyl (C=O) groups excluding carboxylic acids is 4. The monoisotopic (exact) mass is 556 g/mol. The summed E-state index contributed by atoms with van der Waals surface area (Å²) < 4.78 is 22.1. The van der Waals surface area contributed by atoms with Crippen LogP contribution in [0.1, 0.15) is 41.4 Å². The molecule has 0 aliphatic carbocycles. The lowest BCUT2D eigenvalue weighted by molar-refractivity contribution is -0.0642. The topological polar surface area (TPSA) is 157 Å². The van der Waals surface area contributed by atoms with Gasteiger partial charge in [0.15, 0.2) is 0 Å². The second kappa shape index (κ2) is 14.0. The Morgan fingerprint density at radius 3 is 0.902 bits per heavy atom. The van der Waals surface area contributed by atoms with Gasteiger partial charge in [0, 0.05) is 49.6 Å². The predicted octanol–water partition coefficient (Wildman–Crippen LogP) is 2.98. The van der Waals surface area contributed by atoms with Gasteiger partial charge in [-0.25, -0.2) is 19.2 Å². The molecule has 4 aromatic rings. The number of pyridine rings is 4. The summed E-state index contributed by atoms with van der Waals surface area (Å²) in [6.45, 7) is -1.83. The van der Waals surface area contributed by atoms with Crippen molar-refractivity contribution in [1.29, 1.82) is 0 Å². The molecule has 0 N–H and O–H groups in total. The largest absolute Gasteiger partial charge is 0.461 e. The minimum atomic E-state index is -1.51. The number of hydrogen-bond donors (Lipinski definition) is 0. The predicted molar refractivity (Wildman–Crippen MR) is 141 cm³/mol. The highest BCUT2D eigenvalue weighted by atomic mass is 16.6. The van der Waals surface area contributed by atoms with E-state index in [1.165, 1.54) is 73.8 Å². The van der Waals surface area contributed by atoms with E-state index >= 15 is 0 Å². The first-order valence-corrected chi connectivity index (χ1v) is 12.2. The molecule has 12 nitrogen and oxygen atoms in total. The van der Waals surface area contributed by atoms with Gasteiger partial charge in [-0.1, -0.05) is 0 Å². The van der Waals surface area contributed by atoms with E-state index in [2.05, 4.69) is 19.9 Å². The number of hydrogen-bond acceptors (Lipinski definition) is 12. The number of nitrogens with zero attached hydrogens (tertiary/aromatic N) is 4. The highest BCUT2D eigenvalue weighted by Gasteiger charge is 2.38. The lowest BCUT2D eigenvalue weighted by atomic mass is 9.92. The molecular formula is C29H24N4O8. The zero-order chi connectivity index (χ0) is 28.9. The molecule has 0 saturated carbocycles. The molecule has 208 valence electrons. The van der Waals surface area contributed by atoms with Gasteiger partial charge in [0.2, 0.25) is 0 Å². The third-order valence-corrected chi connectivity index (χ3v) is 5.63. The van der Waals surface area contributed by atoms with E-state index in [1.54, 1.807) is 24.3 Å². The first-order valence-electron chi connectivity index (χ1n) is 12.2. The van der Waals surface area contributed by atoms with Crippen molar-refractivity contribution in [1.82, 2.24) is 19.9 Å². The van der Waals surface area contributed by atoms with Crippen molar-refractivity contribution in [3.63, 3.8) is 0 Å². The fraction of sp³-hybridized carbons (Fsp3) is 0.172. The van der Waals surface area contributed by atoms with Gasteiger partial charge < -0.3 is 18.9 Å². The van der Waals surface area contributed by atoms with Crippen molar-refractivity contribution in [3.05, 3.63) is 120 Å². The summed E-state index contributed by atoms with van der Waals surface area (Å²) in [6, 6.07) is 12.3. The maximum atomic E-state index is 12.8. The van der Waals surface area contributed by atoms with Crippen molar-refractivity contribution < 1.29 is 38.1 Å². The Labute approximate surface area is 234 Å². The summed E-state index contributed by atoms with van der Waals surface area (Å²) in [7, 11) is 0. The van der Waals surface area contributed by atoms with Crippen molar-refractivity contribution >= 4 is 23.9 Å². The molecule has 0 unspecified atom stereocenters. The number of carbonyl (C=O) groups is 4. The Kier molecular flexibility index (Phi) is 9.75. The van der Waals surface area contributed by atoms with Crippen LogP contribution < -0.4 is 0 Å². The second-order valence-electron chi connectivity index (χ2n) is 8.77. The first-order chi connectivity index (χ1) is 20.0. The lowest BCUT2D eigenvalue weighted by Gasteiger charge is -2.31. The van der Waals surface area contributed by atoms with Crippen LogP contribution in [-0.2, 0) is 18.9 Å². The van der Waals surface area contributed by atoms with E-state index in [0.717, 1.165) is 0 Å². The Balaban J connectivity index is 1.58. The standard InChI is InChI=1S/C29H24N4O8/c34-25(21-5-1-9-30-13-21)38-17-29(18-39-26(35)22-6-2-10-31-14-22,19-40-27(36)23-7-3-11-32-15-23)20-41-28(37)24-8-4-12-33-16-24/h1-16H,17-20H2. The van der Waals surface area contributed by atoms with Gasteiger partial charge in [-0.2, -0.15) is 0 Å². The van der Waals surface area contributed by atoms with Crippen LogP contribution in [-0.4, -0.2) is 70.2 Å². The molecule has 0 amide bonds. The summed E-state index contributed by atoms with van der Waals surface area (Å²) in [5, 5.41) is 0. The van der Waals surface area contributed by atoms with Crippen molar-refractivity contribution in [2.75, 3.05) is 26.4 Å². The van der Waals surface area contributed by atoms with Gasteiger partial charge in [0.05, 0.1) is 22.3 Å². The average Bonchev–Trinajstić information content (AvgIpc) is 3.05. The maximum absolute atomic E-state index is 12.8. The number of esters is 4. The molecule has 12 heteroatoms. The summed E-state index contributed by atoms with van der Waals surface area (Å²) in [6.07, 6.45) is 11.2. The number of rotatable bonds is 12. The zero-order valence-corrected chi connectivity index (χ0v) is 21.6. The van der Waals surface area contributed by atoms with E-state index < -0.39 is 55.7 Å². The first kappa shape index (κ1) is 28.5. The highest BCUT2D eigenvalue weighted by molar-refractivity contribution is 5.90. The second-order valence-corrected chi connectivity index (χ2v) is 8.77. The van der Waals surface area contributed by atoms with E-state index in [-0.39, 0.29) is 22.3 Å². The van der Waals surface area contributed by atoms with E-state index in [1.807, 2.05) is 0 Å². The Morgan fingerprint density at radius 2 is 0.707 bits per heavy atom. The highest BCUT2D eigenvalue weighted by Crippen LogP contribution is 2.24. The van der Waals surface area contributed by atoms with Gasteiger partial charge in [-0.05, 0) is 48.5 Å². The van der Waals surface area contributed by atoms with Crippen LogP contribution in [0, 0.1) is 5.41 Å². The van der Waals surface area contributed by atoms with Crippen LogP contribution in [0.3, 0.4) is 0 Å². The van der Waals surface area contributed by atoms with Crippen LogP contribution in [0.5, 0.6) is 0 Å². The molecule has 0 aromatic carbocycles. The van der Waals surface area contributed by atoms with Gasteiger partial charge in [0.1, 0.15) is 31.8 Å². The minimum absolute atomic E-state index is 0.161. The summed E-state index contributed by atoms with van der Waals surface area (Å²) in [5.41, 5.74) is -0.866. The van der Waals surface area contributed by atoms with Crippen LogP contribution in [0.15, 0.2) is 98.1 Å². The molecule has 0 fully saturated rings. The molecule has 0 saturated heterocycles. The normalized spacial score (nSPS) is 10.7. The molecule has 41 heavy (non-hydrogen) atoms. The van der Waals surface area contributed by atoms with Crippen LogP contribution >= 0.6 is 0 Å². The van der Waals surface area contributed by atoms with Crippen LogP contribution in [0.2, 0.25) is 0 Å². The van der Waals surface area contributed by atoms with Gasteiger partial charge in [-0.15, -0.1) is 0 Å². The molecule has 0 aliphatic rings. The Hall–Kier alpha value is -5.52. The summed E-state index contributed by atoms with van der Waals surface area (Å²) >= 11 is 0. The van der Waals surface area contributed by atoms with Crippen molar-refractivity contribution in [3.8, 4) is 0 Å². The average molecular weight is 557 g/mol. The molecule has 0 atom stereocenters. The molecule has 4 heterocycles. The Bertz CT molecular complexity index is 1230. The van der Waals surface area contributed by atoms with Crippen LogP contribution in [0.4, 0.5) is 0 Å². The third-order valence-electron chi connectivity index (χ3n) is 5.63. The maximum Gasteiger partial charge on any atom is 0.339 e. The molecule has 0 radical (unpaired) electrons. The molecule has 4 aromatic heterocycles. The minimum Gasteiger partial charge on any atom is -0.461 e. The quantitative estimate of drug-likeness (QED) is 0.186.